The molecule has 0 saturated heterocycles. The molecule has 3 heteroatoms. The highest BCUT2D eigenvalue weighted by Crippen LogP contribution is 2.27. The molecule has 0 amide bonds. The van der Waals surface area contributed by atoms with Crippen molar-refractivity contribution in [3.8, 4) is 5.75 Å². The van der Waals surface area contributed by atoms with Crippen LogP contribution >= 0.6 is 0 Å². The molecule has 1 atom stereocenters. The molecule has 0 spiro atoms. The van der Waals surface area contributed by atoms with E-state index in [1.165, 1.54) is 0 Å². The van der Waals surface area contributed by atoms with Crippen LogP contribution < -0.4 is 5.32 Å². The number of rotatable bonds is 3. The number of halogens is 1. The van der Waals surface area contributed by atoms with E-state index in [9.17, 15) is 9.50 Å². The Morgan fingerprint density at radius 1 is 1.54 bits per heavy atom. The summed E-state index contributed by atoms with van der Waals surface area (Å²) in [6, 6.07) is 5.15. The van der Waals surface area contributed by atoms with Gasteiger partial charge in [-0.15, -0.1) is 0 Å². The van der Waals surface area contributed by atoms with Crippen molar-refractivity contribution < 1.29 is 9.50 Å². The van der Waals surface area contributed by atoms with Crippen LogP contribution in [0.25, 0.3) is 0 Å². The minimum Gasteiger partial charge on any atom is -0.507 e. The number of aromatic hydroxyl groups is 1. The average Bonchev–Trinajstić information content (AvgIpc) is 2.17. The lowest BCUT2D eigenvalue weighted by Crippen LogP contribution is -2.12. The number of phenols is 1. The van der Waals surface area contributed by atoms with E-state index in [4.69, 9.17) is 0 Å². The number of alkyl halides is 1. The second-order valence-electron chi connectivity index (χ2n) is 3.00. The second-order valence-corrected chi connectivity index (χ2v) is 3.00. The van der Waals surface area contributed by atoms with Gasteiger partial charge in [0.2, 0.25) is 0 Å². The Hall–Kier alpha value is -1.09. The SMILES string of the molecule is CNC(C)c1cccc(CF)c1O. The molecule has 1 unspecified atom stereocenters. The highest BCUT2D eigenvalue weighted by Gasteiger charge is 2.10. The zero-order valence-electron chi connectivity index (χ0n) is 7.84. The van der Waals surface area contributed by atoms with Crippen LogP contribution in [0.2, 0.25) is 0 Å². The van der Waals surface area contributed by atoms with Crippen LogP contribution in [0.15, 0.2) is 18.2 Å². The molecular formula is C10H14FNO. The number of para-hydroxylation sites is 1. The van der Waals surface area contributed by atoms with Crippen molar-refractivity contribution in [3.63, 3.8) is 0 Å². The maximum Gasteiger partial charge on any atom is 0.126 e. The molecule has 2 nitrogen and oxygen atoms in total. The van der Waals surface area contributed by atoms with Crippen LogP contribution in [-0.4, -0.2) is 12.2 Å². The highest BCUT2D eigenvalue weighted by molar-refractivity contribution is 5.41. The molecule has 0 aliphatic heterocycles. The van der Waals surface area contributed by atoms with E-state index in [0.717, 1.165) is 5.56 Å². The van der Waals surface area contributed by atoms with Crippen LogP contribution in [-0.2, 0) is 6.67 Å². The summed E-state index contributed by atoms with van der Waals surface area (Å²) < 4.78 is 12.4. The fourth-order valence-corrected chi connectivity index (χ4v) is 1.22. The number of hydrogen-bond donors (Lipinski definition) is 2. The molecule has 72 valence electrons. The van der Waals surface area contributed by atoms with Gasteiger partial charge in [-0.1, -0.05) is 18.2 Å². The molecule has 0 aromatic heterocycles. The highest BCUT2D eigenvalue weighted by atomic mass is 19.1. The third-order valence-electron chi connectivity index (χ3n) is 2.19. The largest absolute Gasteiger partial charge is 0.507 e. The first-order chi connectivity index (χ1) is 6.20. The van der Waals surface area contributed by atoms with Crippen molar-refractivity contribution in [3.05, 3.63) is 29.3 Å². The predicted molar refractivity (Wildman–Crippen MR) is 50.4 cm³/mol. The standard InChI is InChI=1S/C10H14FNO/c1-7(12-2)9-5-3-4-8(6-11)10(9)13/h3-5,7,12-13H,6H2,1-2H3. The average molecular weight is 183 g/mol. The third-order valence-corrected chi connectivity index (χ3v) is 2.19. The van der Waals surface area contributed by atoms with Crippen LogP contribution in [0.1, 0.15) is 24.1 Å². The third kappa shape index (κ3) is 1.98. The van der Waals surface area contributed by atoms with Gasteiger partial charge in [0.25, 0.3) is 0 Å². The zero-order chi connectivity index (χ0) is 9.84. The maximum absolute atomic E-state index is 12.4. The molecular weight excluding hydrogens is 169 g/mol. The van der Waals surface area contributed by atoms with Crippen LogP contribution in [0, 0.1) is 0 Å². The fourth-order valence-electron chi connectivity index (χ4n) is 1.22. The first-order valence-corrected chi connectivity index (χ1v) is 4.24. The van der Waals surface area contributed by atoms with Gasteiger partial charge in [-0.05, 0) is 14.0 Å². The molecule has 0 saturated carbocycles. The minimum absolute atomic E-state index is 0.0338. The maximum atomic E-state index is 12.4. The summed E-state index contributed by atoms with van der Waals surface area (Å²) in [5.41, 5.74) is 1.08. The first-order valence-electron chi connectivity index (χ1n) is 4.24. The van der Waals surface area contributed by atoms with Crippen molar-refractivity contribution in [1.82, 2.24) is 5.32 Å². The number of benzene rings is 1. The van der Waals surface area contributed by atoms with Gasteiger partial charge in [0.1, 0.15) is 12.4 Å². The van der Waals surface area contributed by atoms with Crippen molar-refractivity contribution in [2.24, 2.45) is 0 Å². The van der Waals surface area contributed by atoms with E-state index in [0.29, 0.717) is 5.56 Å². The van der Waals surface area contributed by atoms with E-state index in [2.05, 4.69) is 5.32 Å². The second kappa shape index (κ2) is 4.23. The van der Waals surface area contributed by atoms with Crippen molar-refractivity contribution in [2.75, 3.05) is 7.05 Å². The molecule has 1 aromatic carbocycles. The summed E-state index contributed by atoms with van der Waals surface area (Å²) >= 11 is 0. The zero-order valence-corrected chi connectivity index (χ0v) is 7.84. The van der Waals surface area contributed by atoms with Crippen molar-refractivity contribution >= 4 is 0 Å². The number of nitrogens with one attached hydrogen (secondary N) is 1. The van der Waals surface area contributed by atoms with E-state index in [1.807, 2.05) is 6.92 Å². The normalized spacial score (nSPS) is 12.8. The van der Waals surface area contributed by atoms with Crippen LogP contribution in [0.4, 0.5) is 4.39 Å². The van der Waals surface area contributed by atoms with Gasteiger partial charge in [0.05, 0.1) is 0 Å². The van der Waals surface area contributed by atoms with Crippen molar-refractivity contribution in [1.29, 1.82) is 0 Å². The summed E-state index contributed by atoms with van der Waals surface area (Å²) in [5.74, 6) is 0.0619. The molecule has 0 aliphatic carbocycles. The number of phenolic OH excluding ortho intramolecular Hbond substituents is 1. The lowest BCUT2D eigenvalue weighted by atomic mass is 10.0. The van der Waals surface area contributed by atoms with E-state index >= 15 is 0 Å². The predicted octanol–water partition coefficient (Wildman–Crippen LogP) is 2.14. The number of hydrogen-bond acceptors (Lipinski definition) is 2. The van der Waals surface area contributed by atoms with Gasteiger partial charge in [-0.2, -0.15) is 0 Å². The fraction of sp³-hybridized carbons (Fsp3) is 0.400. The monoisotopic (exact) mass is 183 g/mol. The molecule has 1 aromatic rings. The summed E-state index contributed by atoms with van der Waals surface area (Å²) in [6.07, 6.45) is 0. The first kappa shape index (κ1) is 9.99. The Bertz CT molecular complexity index is 288. The van der Waals surface area contributed by atoms with Gasteiger partial charge in [0, 0.05) is 17.2 Å². The Balaban J connectivity index is 3.08. The summed E-state index contributed by atoms with van der Waals surface area (Å²) in [5, 5.41) is 12.6. The Morgan fingerprint density at radius 2 is 2.23 bits per heavy atom. The van der Waals surface area contributed by atoms with Crippen LogP contribution in [0.3, 0.4) is 0 Å². The molecule has 13 heavy (non-hydrogen) atoms. The summed E-state index contributed by atoms with van der Waals surface area (Å²) in [4.78, 5) is 0. The van der Waals surface area contributed by atoms with E-state index in [1.54, 1.807) is 25.2 Å². The molecule has 0 fully saturated rings. The lowest BCUT2D eigenvalue weighted by molar-refractivity contribution is 0.422. The van der Waals surface area contributed by atoms with Crippen molar-refractivity contribution in [2.45, 2.75) is 19.6 Å². The smallest absolute Gasteiger partial charge is 0.126 e. The summed E-state index contributed by atoms with van der Waals surface area (Å²) in [7, 11) is 1.80. The van der Waals surface area contributed by atoms with E-state index in [-0.39, 0.29) is 11.8 Å². The lowest BCUT2D eigenvalue weighted by Gasteiger charge is -2.13. The molecule has 0 radical (unpaired) electrons. The molecule has 0 bridgehead atoms. The Kier molecular flexibility index (Phi) is 3.25. The topological polar surface area (TPSA) is 32.3 Å². The Labute approximate surface area is 77.4 Å². The minimum atomic E-state index is -0.629. The van der Waals surface area contributed by atoms with Gasteiger partial charge in [0.15, 0.2) is 0 Å². The van der Waals surface area contributed by atoms with Gasteiger partial charge in [-0.3, -0.25) is 0 Å². The van der Waals surface area contributed by atoms with Gasteiger partial charge in [-0.25, -0.2) is 4.39 Å². The molecule has 0 heterocycles. The molecule has 1 rings (SSSR count). The summed E-state index contributed by atoms with van der Waals surface area (Å²) in [6.45, 7) is 1.28. The van der Waals surface area contributed by atoms with Crippen LogP contribution in [0.5, 0.6) is 5.75 Å². The Morgan fingerprint density at radius 3 is 2.77 bits per heavy atom. The van der Waals surface area contributed by atoms with E-state index < -0.39 is 6.67 Å². The van der Waals surface area contributed by atoms with Gasteiger partial charge >= 0.3 is 0 Å². The molecule has 2 N–H and O–H groups in total. The quantitative estimate of drug-likeness (QED) is 0.752. The molecule has 0 aliphatic rings. The van der Waals surface area contributed by atoms with Gasteiger partial charge < -0.3 is 10.4 Å².